The SMILES string of the molecule is CCC(C)c1ccc([CH2][Mg][Cl])cc1. The van der Waals surface area contributed by atoms with Gasteiger partial charge in [-0.15, -0.1) is 0 Å². The predicted molar refractivity (Wildman–Crippen MR) is 60.5 cm³/mol. The highest BCUT2D eigenvalue weighted by molar-refractivity contribution is 6.93. The molecule has 0 heterocycles. The highest BCUT2D eigenvalue weighted by Crippen LogP contribution is 2.18. The Morgan fingerprint density at radius 1 is 1.31 bits per heavy atom. The maximum atomic E-state index is 5.80. The molecule has 0 bridgehead atoms. The molecule has 0 fully saturated rings. The largest absolute Gasteiger partial charge is 0.505 e. The van der Waals surface area contributed by atoms with Crippen molar-refractivity contribution in [3.63, 3.8) is 0 Å². The average Bonchev–Trinajstić information content (AvgIpc) is 2.18. The van der Waals surface area contributed by atoms with Crippen LogP contribution in [0.3, 0.4) is 0 Å². The third-order valence-electron chi connectivity index (χ3n) is 2.54. The van der Waals surface area contributed by atoms with Gasteiger partial charge in [0, 0.05) is 0 Å². The fraction of sp³-hybridized carbons (Fsp3) is 0.455. The van der Waals surface area contributed by atoms with Gasteiger partial charge in [0.1, 0.15) is 0 Å². The van der Waals surface area contributed by atoms with Crippen molar-refractivity contribution in [3.8, 4) is 0 Å². The number of hydrogen-bond acceptors (Lipinski definition) is 0. The first-order valence-corrected chi connectivity index (χ1v) is 8.06. The molecule has 0 nitrogen and oxygen atoms in total. The molecule has 1 aromatic rings. The van der Waals surface area contributed by atoms with Crippen molar-refractivity contribution in [1.29, 1.82) is 0 Å². The second kappa shape index (κ2) is 5.89. The Morgan fingerprint density at radius 3 is 2.38 bits per heavy atom. The van der Waals surface area contributed by atoms with Crippen molar-refractivity contribution >= 4 is 28.3 Å². The van der Waals surface area contributed by atoms with Crippen molar-refractivity contribution in [2.75, 3.05) is 0 Å². The lowest BCUT2D eigenvalue weighted by Gasteiger charge is -2.09. The average molecular weight is 207 g/mol. The molecular formula is C11H15ClMg. The van der Waals surface area contributed by atoms with Gasteiger partial charge in [-0.05, 0) is 17.9 Å². The van der Waals surface area contributed by atoms with Gasteiger partial charge >= 0.3 is 19.3 Å². The molecular weight excluding hydrogens is 192 g/mol. The van der Waals surface area contributed by atoms with Crippen LogP contribution in [0.25, 0.3) is 0 Å². The third kappa shape index (κ3) is 3.49. The number of rotatable bonds is 4. The lowest BCUT2D eigenvalue weighted by atomic mass is 9.98. The molecule has 0 amide bonds. The molecule has 1 aromatic carbocycles. The number of halogens is 1. The zero-order chi connectivity index (χ0) is 9.68. The lowest BCUT2D eigenvalue weighted by molar-refractivity contribution is 0.733. The Kier molecular flexibility index (Phi) is 5.15. The van der Waals surface area contributed by atoms with Crippen LogP contribution in [0.5, 0.6) is 0 Å². The van der Waals surface area contributed by atoms with E-state index < -0.39 is 0 Å². The molecule has 0 saturated heterocycles. The van der Waals surface area contributed by atoms with Gasteiger partial charge < -0.3 is 9.07 Å². The van der Waals surface area contributed by atoms with E-state index in [1.165, 1.54) is 17.5 Å². The molecule has 2 heteroatoms. The van der Waals surface area contributed by atoms with E-state index in [2.05, 4.69) is 38.1 Å². The first-order chi connectivity index (χ1) is 6.27. The minimum Gasteiger partial charge on any atom is -0.345 e. The summed E-state index contributed by atoms with van der Waals surface area (Å²) in [5.41, 5.74) is 2.84. The standard InChI is InChI=1S/C11H15.ClH.Mg/c1-4-10(3)11-7-5-9(2)6-8-11;;/h5-8,10H,2,4H2,1,3H3;1H;/q;;+1/p-1. The van der Waals surface area contributed by atoms with Crippen LogP contribution in [-0.2, 0) is 4.55 Å². The van der Waals surface area contributed by atoms with Crippen LogP contribution in [0.1, 0.15) is 37.3 Å². The minimum absolute atomic E-state index is 0.349. The maximum absolute atomic E-state index is 5.80. The molecule has 1 rings (SSSR count). The summed E-state index contributed by atoms with van der Waals surface area (Å²) >= 11 is -0.349. The summed E-state index contributed by atoms with van der Waals surface area (Å²) in [5, 5.41) is 0. The van der Waals surface area contributed by atoms with Gasteiger partial charge in [0.15, 0.2) is 0 Å². The van der Waals surface area contributed by atoms with Crippen molar-refractivity contribution in [1.82, 2.24) is 0 Å². The smallest absolute Gasteiger partial charge is 0.345 e. The summed E-state index contributed by atoms with van der Waals surface area (Å²) in [5.74, 6) is 0.683. The molecule has 0 N–H and O–H groups in total. The molecule has 0 saturated carbocycles. The molecule has 1 unspecified atom stereocenters. The number of hydrogen-bond donors (Lipinski definition) is 0. The van der Waals surface area contributed by atoms with E-state index in [1.807, 2.05) is 0 Å². The van der Waals surface area contributed by atoms with E-state index in [-0.39, 0.29) is 19.3 Å². The molecule has 0 spiro atoms. The van der Waals surface area contributed by atoms with E-state index in [1.54, 1.807) is 0 Å². The van der Waals surface area contributed by atoms with E-state index in [9.17, 15) is 0 Å². The highest BCUT2D eigenvalue weighted by atomic mass is 35.5. The van der Waals surface area contributed by atoms with Gasteiger partial charge in [0.25, 0.3) is 0 Å². The summed E-state index contributed by atoms with van der Waals surface area (Å²) in [4.78, 5) is 0. The van der Waals surface area contributed by atoms with E-state index >= 15 is 0 Å². The molecule has 1 atom stereocenters. The van der Waals surface area contributed by atoms with Crippen LogP contribution in [-0.4, -0.2) is 19.3 Å². The first kappa shape index (κ1) is 11.4. The Bertz CT molecular complexity index is 243. The van der Waals surface area contributed by atoms with Crippen molar-refractivity contribution in [2.45, 2.75) is 30.7 Å². The van der Waals surface area contributed by atoms with E-state index in [4.69, 9.17) is 9.07 Å². The predicted octanol–water partition coefficient (Wildman–Crippen LogP) is 3.56. The molecule has 0 aliphatic heterocycles. The summed E-state index contributed by atoms with van der Waals surface area (Å²) < 4.78 is 1.11. The summed E-state index contributed by atoms with van der Waals surface area (Å²) in [6, 6.07) is 8.92. The van der Waals surface area contributed by atoms with Gasteiger partial charge in [0.2, 0.25) is 0 Å². The van der Waals surface area contributed by atoms with Crippen LogP contribution < -0.4 is 0 Å². The Labute approximate surface area is 94.2 Å². The van der Waals surface area contributed by atoms with Crippen molar-refractivity contribution in [2.24, 2.45) is 0 Å². The van der Waals surface area contributed by atoms with Gasteiger partial charge in [-0.25, -0.2) is 0 Å². The Hall–Kier alpha value is 0.276. The van der Waals surface area contributed by atoms with Gasteiger partial charge in [-0.3, -0.25) is 0 Å². The summed E-state index contributed by atoms with van der Waals surface area (Å²) in [6.45, 7) is 4.50. The fourth-order valence-corrected chi connectivity index (χ4v) is 2.56. The second-order valence-electron chi connectivity index (χ2n) is 3.49. The zero-order valence-electron chi connectivity index (χ0n) is 8.39. The van der Waals surface area contributed by atoms with Crippen LogP contribution in [0.15, 0.2) is 24.3 Å². The molecule has 68 valence electrons. The first-order valence-electron chi connectivity index (χ1n) is 4.92. The molecule has 13 heavy (non-hydrogen) atoms. The number of benzene rings is 1. The van der Waals surface area contributed by atoms with Crippen LogP contribution >= 0.6 is 9.07 Å². The molecule has 0 aromatic heterocycles. The van der Waals surface area contributed by atoms with Crippen LogP contribution in [0.2, 0.25) is 0 Å². The van der Waals surface area contributed by atoms with Crippen LogP contribution in [0.4, 0.5) is 0 Å². The van der Waals surface area contributed by atoms with Gasteiger partial charge in [0.05, 0.1) is 0 Å². The second-order valence-corrected chi connectivity index (χ2v) is 5.50. The highest BCUT2D eigenvalue weighted by Gasteiger charge is 2.02. The quantitative estimate of drug-likeness (QED) is 0.662. The fourth-order valence-electron chi connectivity index (χ4n) is 1.36. The minimum atomic E-state index is -0.349. The van der Waals surface area contributed by atoms with Gasteiger partial charge in [-0.1, -0.05) is 48.2 Å². The normalized spacial score (nSPS) is 12.2. The Morgan fingerprint density at radius 2 is 1.92 bits per heavy atom. The topological polar surface area (TPSA) is 0 Å². The lowest BCUT2D eigenvalue weighted by Crippen LogP contribution is -1.93. The van der Waals surface area contributed by atoms with E-state index in [0.717, 1.165) is 4.55 Å². The maximum Gasteiger partial charge on any atom is 0.505 e. The van der Waals surface area contributed by atoms with Crippen LogP contribution in [0, 0.1) is 0 Å². The zero-order valence-corrected chi connectivity index (χ0v) is 10.6. The van der Waals surface area contributed by atoms with Crippen molar-refractivity contribution in [3.05, 3.63) is 35.4 Å². The summed E-state index contributed by atoms with van der Waals surface area (Å²) in [7, 11) is 5.80. The Balaban J connectivity index is 2.69. The molecule has 0 aliphatic carbocycles. The molecule has 0 radical (unpaired) electrons. The van der Waals surface area contributed by atoms with Gasteiger partial charge in [-0.2, -0.15) is 0 Å². The van der Waals surface area contributed by atoms with E-state index in [0.29, 0.717) is 5.92 Å². The molecule has 0 aliphatic rings. The third-order valence-corrected chi connectivity index (χ3v) is 3.88. The monoisotopic (exact) mass is 206 g/mol. The van der Waals surface area contributed by atoms with Crippen molar-refractivity contribution < 1.29 is 0 Å². The summed E-state index contributed by atoms with van der Waals surface area (Å²) in [6.07, 6.45) is 1.21.